The van der Waals surface area contributed by atoms with Gasteiger partial charge in [0.2, 0.25) is 0 Å². The molecule has 0 spiro atoms. The summed E-state index contributed by atoms with van der Waals surface area (Å²) in [7, 11) is 0. The van der Waals surface area contributed by atoms with Crippen LogP contribution in [0.4, 0.5) is 0 Å². The Labute approximate surface area is 111 Å². The average molecular weight is 247 g/mol. The summed E-state index contributed by atoms with van der Waals surface area (Å²) in [6, 6.07) is 2.86. The average Bonchev–Trinajstić information content (AvgIpc) is 2.36. The summed E-state index contributed by atoms with van der Waals surface area (Å²) in [4.78, 5) is 6.76. The van der Waals surface area contributed by atoms with Gasteiger partial charge in [0.1, 0.15) is 0 Å². The van der Waals surface area contributed by atoms with Gasteiger partial charge in [0.15, 0.2) is 0 Å². The molecule has 1 fully saturated rings. The first kappa shape index (κ1) is 13.5. The van der Waals surface area contributed by atoms with E-state index in [2.05, 4.69) is 35.1 Å². The van der Waals surface area contributed by atoms with E-state index in [-0.39, 0.29) is 0 Å². The molecule has 0 aromatic carbocycles. The van der Waals surface area contributed by atoms with E-state index in [0.29, 0.717) is 6.04 Å². The largest absolute Gasteiger partial charge is 0.314 e. The lowest BCUT2D eigenvalue weighted by Crippen LogP contribution is -2.39. The van der Waals surface area contributed by atoms with Crippen molar-refractivity contribution >= 4 is 0 Å². The third kappa shape index (κ3) is 3.79. The SMILES string of the molecule is CCC1CCN(Cc2ccncc2C)CCCN1. The van der Waals surface area contributed by atoms with Crippen molar-refractivity contribution in [3.63, 3.8) is 0 Å². The van der Waals surface area contributed by atoms with Gasteiger partial charge < -0.3 is 5.32 Å². The first-order valence-corrected chi connectivity index (χ1v) is 7.15. The molecular weight excluding hydrogens is 222 g/mol. The molecule has 0 radical (unpaired) electrons. The van der Waals surface area contributed by atoms with E-state index in [1.807, 2.05) is 12.4 Å². The number of aryl methyl sites for hydroxylation is 1. The Kier molecular flexibility index (Phi) is 5.14. The summed E-state index contributed by atoms with van der Waals surface area (Å²) >= 11 is 0. The van der Waals surface area contributed by atoms with Gasteiger partial charge in [0.25, 0.3) is 0 Å². The molecule has 1 saturated heterocycles. The van der Waals surface area contributed by atoms with Gasteiger partial charge in [0.05, 0.1) is 0 Å². The molecule has 2 rings (SSSR count). The van der Waals surface area contributed by atoms with Crippen LogP contribution in [0.3, 0.4) is 0 Å². The first-order valence-electron chi connectivity index (χ1n) is 7.15. The van der Waals surface area contributed by atoms with E-state index >= 15 is 0 Å². The van der Waals surface area contributed by atoms with Gasteiger partial charge in [-0.3, -0.25) is 9.88 Å². The predicted molar refractivity (Wildman–Crippen MR) is 75.6 cm³/mol. The zero-order chi connectivity index (χ0) is 12.8. The Balaban J connectivity index is 1.93. The minimum atomic E-state index is 0.700. The molecule has 1 unspecified atom stereocenters. The van der Waals surface area contributed by atoms with Crippen molar-refractivity contribution in [2.45, 2.75) is 45.7 Å². The summed E-state index contributed by atoms with van der Waals surface area (Å²) in [5.74, 6) is 0. The fourth-order valence-corrected chi connectivity index (χ4v) is 2.59. The van der Waals surface area contributed by atoms with Gasteiger partial charge in [-0.05, 0) is 63.0 Å². The molecule has 1 aromatic rings. The lowest BCUT2D eigenvalue weighted by Gasteiger charge is -2.29. The van der Waals surface area contributed by atoms with Crippen LogP contribution in [0.5, 0.6) is 0 Å². The van der Waals surface area contributed by atoms with Crippen molar-refractivity contribution in [3.8, 4) is 0 Å². The zero-order valence-corrected chi connectivity index (χ0v) is 11.7. The summed E-state index contributed by atoms with van der Waals surface area (Å²) < 4.78 is 0. The number of nitrogens with one attached hydrogen (secondary N) is 1. The molecule has 1 atom stereocenters. The molecule has 1 aliphatic heterocycles. The van der Waals surface area contributed by atoms with Crippen LogP contribution >= 0.6 is 0 Å². The van der Waals surface area contributed by atoms with Crippen LogP contribution in [-0.2, 0) is 6.54 Å². The van der Waals surface area contributed by atoms with Crippen molar-refractivity contribution < 1.29 is 0 Å². The highest BCUT2D eigenvalue weighted by atomic mass is 15.1. The molecule has 3 heteroatoms. The number of pyridine rings is 1. The van der Waals surface area contributed by atoms with Crippen LogP contribution in [0.1, 0.15) is 37.3 Å². The van der Waals surface area contributed by atoms with Crippen molar-refractivity contribution in [2.24, 2.45) is 0 Å². The summed E-state index contributed by atoms with van der Waals surface area (Å²) in [6.07, 6.45) is 7.63. The van der Waals surface area contributed by atoms with Gasteiger partial charge in [-0.1, -0.05) is 6.92 Å². The van der Waals surface area contributed by atoms with Crippen LogP contribution in [0.15, 0.2) is 18.5 Å². The highest BCUT2D eigenvalue weighted by Crippen LogP contribution is 2.12. The second kappa shape index (κ2) is 6.86. The van der Waals surface area contributed by atoms with E-state index < -0.39 is 0 Å². The number of aromatic nitrogens is 1. The maximum atomic E-state index is 4.17. The number of nitrogens with zero attached hydrogens (tertiary/aromatic N) is 2. The van der Waals surface area contributed by atoms with Crippen LogP contribution in [0.25, 0.3) is 0 Å². The summed E-state index contributed by atoms with van der Waals surface area (Å²) in [6.45, 7) is 9.06. The number of hydrogen-bond acceptors (Lipinski definition) is 3. The number of hydrogen-bond donors (Lipinski definition) is 1. The lowest BCUT2D eigenvalue weighted by atomic mass is 10.1. The van der Waals surface area contributed by atoms with Crippen LogP contribution < -0.4 is 5.32 Å². The molecule has 18 heavy (non-hydrogen) atoms. The predicted octanol–water partition coefficient (Wildman–Crippen LogP) is 2.35. The zero-order valence-electron chi connectivity index (χ0n) is 11.7. The van der Waals surface area contributed by atoms with Gasteiger partial charge in [0, 0.05) is 25.0 Å². The highest BCUT2D eigenvalue weighted by molar-refractivity contribution is 5.21. The van der Waals surface area contributed by atoms with Crippen molar-refractivity contribution in [3.05, 3.63) is 29.6 Å². The second-order valence-corrected chi connectivity index (χ2v) is 5.28. The minimum Gasteiger partial charge on any atom is -0.314 e. The van der Waals surface area contributed by atoms with Gasteiger partial charge >= 0.3 is 0 Å². The fourth-order valence-electron chi connectivity index (χ4n) is 2.59. The van der Waals surface area contributed by atoms with E-state index in [1.54, 1.807) is 0 Å². The number of rotatable bonds is 3. The topological polar surface area (TPSA) is 28.2 Å². The van der Waals surface area contributed by atoms with Gasteiger partial charge in [-0.2, -0.15) is 0 Å². The summed E-state index contributed by atoms with van der Waals surface area (Å²) in [5, 5.41) is 3.63. The van der Waals surface area contributed by atoms with Gasteiger partial charge in [-0.25, -0.2) is 0 Å². The second-order valence-electron chi connectivity index (χ2n) is 5.28. The van der Waals surface area contributed by atoms with Crippen molar-refractivity contribution in [1.29, 1.82) is 0 Å². The molecule has 100 valence electrons. The lowest BCUT2D eigenvalue weighted by molar-refractivity contribution is 0.224. The van der Waals surface area contributed by atoms with Crippen molar-refractivity contribution in [2.75, 3.05) is 19.6 Å². The van der Waals surface area contributed by atoms with E-state index in [4.69, 9.17) is 0 Å². The monoisotopic (exact) mass is 247 g/mol. The molecular formula is C15H25N3. The fraction of sp³-hybridized carbons (Fsp3) is 0.667. The Morgan fingerprint density at radius 1 is 1.44 bits per heavy atom. The summed E-state index contributed by atoms with van der Waals surface area (Å²) in [5.41, 5.74) is 2.73. The smallest absolute Gasteiger partial charge is 0.0300 e. The Morgan fingerprint density at radius 2 is 2.33 bits per heavy atom. The van der Waals surface area contributed by atoms with Crippen LogP contribution in [0.2, 0.25) is 0 Å². The molecule has 1 N–H and O–H groups in total. The third-order valence-electron chi connectivity index (χ3n) is 3.90. The third-order valence-corrected chi connectivity index (χ3v) is 3.90. The Hall–Kier alpha value is -0.930. The maximum absolute atomic E-state index is 4.17. The van der Waals surface area contributed by atoms with Gasteiger partial charge in [-0.15, -0.1) is 0 Å². The standard InChI is InChI=1S/C15H25N3/c1-3-15-6-10-18(9-4-7-17-15)12-14-5-8-16-11-13(14)2/h5,8,11,15,17H,3-4,6-7,9-10,12H2,1-2H3. The van der Waals surface area contributed by atoms with Crippen LogP contribution in [0, 0.1) is 6.92 Å². The van der Waals surface area contributed by atoms with Crippen molar-refractivity contribution in [1.82, 2.24) is 15.2 Å². The minimum absolute atomic E-state index is 0.700. The van der Waals surface area contributed by atoms with Crippen LogP contribution in [-0.4, -0.2) is 35.6 Å². The normalized spacial score (nSPS) is 22.4. The molecule has 3 nitrogen and oxygen atoms in total. The quantitative estimate of drug-likeness (QED) is 0.888. The highest BCUT2D eigenvalue weighted by Gasteiger charge is 2.14. The Bertz CT molecular complexity index is 365. The molecule has 0 bridgehead atoms. The maximum Gasteiger partial charge on any atom is 0.0300 e. The molecule has 1 aliphatic rings. The molecule has 1 aromatic heterocycles. The van der Waals surface area contributed by atoms with E-state index in [9.17, 15) is 0 Å². The molecule has 0 saturated carbocycles. The first-order chi connectivity index (χ1) is 8.79. The van der Waals surface area contributed by atoms with E-state index in [0.717, 1.165) is 13.1 Å². The Morgan fingerprint density at radius 3 is 3.11 bits per heavy atom. The molecule has 2 heterocycles. The molecule has 0 aliphatic carbocycles. The van der Waals surface area contributed by atoms with E-state index in [1.165, 1.54) is 43.5 Å². The molecule has 0 amide bonds.